The molecule has 0 saturated heterocycles. The Morgan fingerprint density at radius 3 is 1.94 bits per heavy atom. The summed E-state index contributed by atoms with van der Waals surface area (Å²) in [5, 5.41) is 8.18. The smallest absolute Gasteiger partial charge is 0.371 e. The number of hydrogen-bond donors (Lipinski definition) is 1. The molecule has 0 bridgehead atoms. The number of aldehydes is 1. The molecule has 2 aromatic rings. The Morgan fingerprint density at radius 2 is 1.71 bits per heavy atom. The van der Waals surface area contributed by atoms with Crippen molar-refractivity contribution in [2.45, 2.75) is 0 Å². The molecule has 17 heavy (non-hydrogen) atoms. The van der Waals surface area contributed by atoms with Crippen molar-refractivity contribution in [1.29, 1.82) is 0 Å². The molecule has 0 unspecified atom stereocenters. The largest absolute Gasteiger partial charge is 0.475 e. The lowest BCUT2D eigenvalue weighted by Crippen LogP contribution is -1.90. The number of rotatable bonds is 2. The summed E-state index contributed by atoms with van der Waals surface area (Å²) in [4.78, 5) is 33.7. The summed E-state index contributed by atoms with van der Waals surface area (Å²) in [5.74, 6) is -0.681. The summed E-state index contributed by atoms with van der Waals surface area (Å²) in [6.07, 6.45) is 3.45. The molecule has 0 aliphatic rings. The molecule has 90 valence electrons. The first kappa shape index (κ1) is 14.3. The molecule has 0 aliphatic carbocycles. The van der Waals surface area contributed by atoms with Crippen molar-refractivity contribution < 1.29 is 23.5 Å². The quantitative estimate of drug-likeness (QED) is 0.799. The average Bonchev–Trinajstić information content (AvgIpc) is 3.05. The number of furan rings is 2. The van der Waals surface area contributed by atoms with E-state index in [1.807, 2.05) is 0 Å². The van der Waals surface area contributed by atoms with Gasteiger partial charge in [0.15, 0.2) is 12.0 Å². The van der Waals surface area contributed by atoms with Crippen LogP contribution in [0.15, 0.2) is 45.6 Å². The second kappa shape index (κ2) is 8.60. The molecule has 0 radical (unpaired) electrons. The van der Waals surface area contributed by atoms with Crippen LogP contribution in [0, 0.1) is 9.93 Å². The molecule has 7 nitrogen and oxygen atoms in total. The van der Waals surface area contributed by atoms with E-state index in [2.05, 4.69) is 8.83 Å². The molecule has 0 aliphatic heterocycles. The van der Waals surface area contributed by atoms with E-state index >= 15 is 0 Å². The highest BCUT2D eigenvalue weighted by Crippen LogP contribution is 1.97. The molecule has 0 saturated carbocycles. The minimum atomic E-state index is -1.03. The maximum atomic E-state index is 9.97. The zero-order valence-corrected chi connectivity index (χ0v) is 8.44. The lowest BCUT2D eigenvalue weighted by molar-refractivity contribution is 0.0662. The SMILES string of the molecule is O=C(O)c1ccco1.O=Cc1ccco1.O=O. The molecular weight excluding hydrogens is 232 g/mol. The summed E-state index contributed by atoms with van der Waals surface area (Å²) in [6, 6.07) is 6.20. The van der Waals surface area contributed by atoms with Gasteiger partial charge in [-0.3, -0.25) is 4.79 Å². The summed E-state index contributed by atoms with van der Waals surface area (Å²) in [6.45, 7) is 0. The van der Waals surface area contributed by atoms with Crippen molar-refractivity contribution in [2.75, 3.05) is 0 Å². The van der Waals surface area contributed by atoms with Gasteiger partial charge >= 0.3 is 5.97 Å². The van der Waals surface area contributed by atoms with E-state index in [4.69, 9.17) is 15.0 Å². The molecule has 1 N–H and O–H groups in total. The van der Waals surface area contributed by atoms with Gasteiger partial charge in [-0.1, -0.05) is 0 Å². The molecule has 0 amide bonds. The Morgan fingerprint density at radius 1 is 1.12 bits per heavy atom. The van der Waals surface area contributed by atoms with E-state index in [1.165, 1.54) is 24.7 Å². The van der Waals surface area contributed by atoms with Gasteiger partial charge in [-0.05, 0) is 24.3 Å². The zero-order chi connectivity index (χ0) is 13.1. The van der Waals surface area contributed by atoms with Crippen LogP contribution in [-0.4, -0.2) is 17.4 Å². The maximum absolute atomic E-state index is 9.97. The molecular formula is C10H8O7. The van der Waals surface area contributed by atoms with E-state index in [9.17, 15) is 9.59 Å². The first-order valence-electron chi connectivity index (χ1n) is 4.16. The van der Waals surface area contributed by atoms with E-state index in [1.54, 1.807) is 12.1 Å². The lowest BCUT2D eigenvalue weighted by Gasteiger charge is -1.79. The molecule has 0 aromatic carbocycles. The number of carbonyl (C=O) groups is 2. The third kappa shape index (κ3) is 5.67. The summed E-state index contributed by atoms with van der Waals surface area (Å²) in [7, 11) is 0. The van der Waals surface area contributed by atoms with E-state index in [0.717, 1.165) is 0 Å². The maximum Gasteiger partial charge on any atom is 0.371 e. The van der Waals surface area contributed by atoms with E-state index in [0.29, 0.717) is 12.0 Å². The predicted octanol–water partition coefficient (Wildman–Crippen LogP) is 2.14. The first-order valence-corrected chi connectivity index (χ1v) is 4.16. The van der Waals surface area contributed by atoms with Gasteiger partial charge in [0.1, 0.15) is 0 Å². The molecule has 7 heteroatoms. The molecule has 0 atom stereocenters. The normalized spacial score (nSPS) is 8.00. The van der Waals surface area contributed by atoms with Crippen LogP contribution in [0.4, 0.5) is 0 Å². The molecule has 2 heterocycles. The van der Waals surface area contributed by atoms with E-state index in [-0.39, 0.29) is 5.76 Å². The van der Waals surface area contributed by atoms with Gasteiger partial charge in [0.2, 0.25) is 5.76 Å². The minimum absolute atomic E-state index is 0.0231. The third-order valence-electron chi connectivity index (χ3n) is 1.39. The standard InChI is InChI=1S/C5H4O3.C5H4O2.O2/c6-5(7)4-2-1-3-8-4;6-4-5-2-1-3-7-5;1-2/h1-3H,(H,6,7);1-4H;. The van der Waals surface area contributed by atoms with Crippen molar-refractivity contribution in [2.24, 2.45) is 0 Å². The Bertz CT molecular complexity index is 415. The minimum Gasteiger partial charge on any atom is -0.475 e. The van der Waals surface area contributed by atoms with Gasteiger partial charge in [0.25, 0.3) is 0 Å². The van der Waals surface area contributed by atoms with Crippen LogP contribution >= 0.6 is 0 Å². The van der Waals surface area contributed by atoms with Crippen molar-refractivity contribution in [3.63, 3.8) is 0 Å². The first-order chi connectivity index (χ1) is 8.24. The van der Waals surface area contributed by atoms with Crippen molar-refractivity contribution >= 4 is 12.3 Å². The van der Waals surface area contributed by atoms with Crippen LogP contribution in [0.3, 0.4) is 0 Å². The number of carbonyl (C=O) groups excluding carboxylic acids is 1. The van der Waals surface area contributed by atoms with Gasteiger partial charge in [-0.15, -0.1) is 0 Å². The van der Waals surface area contributed by atoms with Gasteiger partial charge < -0.3 is 13.9 Å². The van der Waals surface area contributed by atoms with Crippen LogP contribution in [0.5, 0.6) is 0 Å². The monoisotopic (exact) mass is 240 g/mol. The Balaban J connectivity index is 0.000000265. The fraction of sp³-hybridized carbons (Fsp3) is 0. The Hall–Kier alpha value is -2.70. The van der Waals surface area contributed by atoms with Crippen LogP contribution in [-0.2, 0) is 0 Å². The van der Waals surface area contributed by atoms with Crippen LogP contribution in [0.25, 0.3) is 0 Å². The van der Waals surface area contributed by atoms with Crippen molar-refractivity contribution in [1.82, 2.24) is 0 Å². The summed E-state index contributed by atoms with van der Waals surface area (Å²) >= 11 is 0. The molecule has 2 aromatic heterocycles. The van der Waals surface area contributed by atoms with Gasteiger partial charge in [0.05, 0.1) is 12.5 Å². The van der Waals surface area contributed by atoms with Gasteiger partial charge in [-0.25, -0.2) is 4.79 Å². The zero-order valence-electron chi connectivity index (χ0n) is 8.44. The predicted molar refractivity (Wildman–Crippen MR) is 56.5 cm³/mol. The van der Waals surface area contributed by atoms with Crippen molar-refractivity contribution in [3.8, 4) is 0 Å². The molecule has 0 spiro atoms. The van der Waals surface area contributed by atoms with Crippen LogP contribution in [0.1, 0.15) is 21.1 Å². The second-order valence-corrected chi connectivity index (χ2v) is 2.42. The topological polar surface area (TPSA) is 115 Å². The fourth-order valence-electron chi connectivity index (χ4n) is 0.759. The Labute approximate surface area is 94.9 Å². The Kier molecular flexibility index (Phi) is 7.23. The van der Waals surface area contributed by atoms with Crippen molar-refractivity contribution in [3.05, 3.63) is 58.2 Å². The molecule has 2 rings (SSSR count). The summed E-state index contributed by atoms with van der Waals surface area (Å²) < 4.78 is 9.11. The molecule has 0 fully saturated rings. The third-order valence-corrected chi connectivity index (χ3v) is 1.39. The number of carboxylic acids is 1. The fourth-order valence-corrected chi connectivity index (χ4v) is 0.759. The highest BCUT2D eigenvalue weighted by atomic mass is 16.7. The van der Waals surface area contributed by atoms with E-state index < -0.39 is 5.97 Å². The summed E-state index contributed by atoms with van der Waals surface area (Å²) in [5.41, 5.74) is 0. The number of carboxylic acid groups (broad SMARTS) is 1. The van der Waals surface area contributed by atoms with Gasteiger partial charge in [0, 0.05) is 9.93 Å². The highest BCUT2D eigenvalue weighted by molar-refractivity contribution is 5.84. The lowest BCUT2D eigenvalue weighted by atomic mass is 10.5. The highest BCUT2D eigenvalue weighted by Gasteiger charge is 2.01. The average molecular weight is 240 g/mol. The van der Waals surface area contributed by atoms with Crippen LogP contribution in [0.2, 0.25) is 0 Å². The van der Waals surface area contributed by atoms with Gasteiger partial charge in [-0.2, -0.15) is 0 Å². The number of aromatic carboxylic acids is 1. The second-order valence-electron chi connectivity index (χ2n) is 2.42. The number of hydrogen-bond acceptors (Lipinski definition) is 6. The van der Waals surface area contributed by atoms with Crippen LogP contribution < -0.4 is 0 Å².